The summed E-state index contributed by atoms with van der Waals surface area (Å²) in [5, 5.41) is 0. The Morgan fingerprint density at radius 2 is 1.45 bits per heavy atom. The Hall–Kier alpha value is -1.41. The SMILES string of the molecule is CCOc1ccc(C(CC)(CC)Sc2ccc(C)cc2)cc1. The molecule has 0 aliphatic heterocycles. The molecule has 0 aliphatic carbocycles. The summed E-state index contributed by atoms with van der Waals surface area (Å²) < 4.78 is 5.69. The van der Waals surface area contributed by atoms with Crippen molar-refractivity contribution in [2.45, 2.75) is 50.2 Å². The lowest BCUT2D eigenvalue weighted by Gasteiger charge is -2.32. The molecule has 2 heteroatoms. The van der Waals surface area contributed by atoms with E-state index < -0.39 is 0 Å². The standard InChI is InChI=1S/C20H26OS/c1-5-20(6-2,22-19-14-8-16(4)9-15-19)17-10-12-18(13-11-17)21-7-3/h8-15H,5-7H2,1-4H3. The second kappa shape index (κ2) is 7.73. The van der Waals surface area contributed by atoms with Crippen LogP contribution in [0.2, 0.25) is 0 Å². The quantitative estimate of drug-likeness (QED) is 0.563. The van der Waals surface area contributed by atoms with Crippen molar-refractivity contribution in [3.05, 3.63) is 59.7 Å². The molecule has 0 fully saturated rings. The number of rotatable bonds is 7. The Bertz CT molecular complexity index is 568. The van der Waals surface area contributed by atoms with Gasteiger partial charge in [-0.1, -0.05) is 43.7 Å². The molecule has 0 bridgehead atoms. The summed E-state index contributed by atoms with van der Waals surface area (Å²) in [5.74, 6) is 0.952. The predicted molar refractivity (Wildman–Crippen MR) is 96.9 cm³/mol. The fraction of sp³-hybridized carbons (Fsp3) is 0.400. The number of hydrogen-bond acceptors (Lipinski definition) is 2. The monoisotopic (exact) mass is 314 g/mol. The molecule has 0 aliphatic rings. The van der Waals surface area contributed by atoms with Gasteiger partial charge in [0.25, 0.3) is 0 Å². The molecule has 0 amide bonds. The molecule has 118 valence electrons. The van der Waals surface area contributed by atoms with Crippen molar-refractivity contribution in [1.82, 2.24) is 0 Å². The molecule has 0 saturated heterocycles. The zero-order valence-corrected chi connectivity index (χ0v) is 14.9. The van der Waals surface area contributed by atoms with Gasteiger partial charge in [0.1, 0.15) is 5.75 Å². The minimum absolute atomic E-state index is 0.125. The number of thioether (sulfide) groups is 1. The molecule has 0 saturated carbocycles. The van der Waals surface area contributed by atoms with Gasteiger partial charge in [-0.15, -0.1) is 11.8 Å². The van der Waals surface area contributed by atoms with Crippen LogP contribution in [-0.4, -0.2) is 6.61 Å². The zero-order chi connectivity index (χ0) is 16.0. The van der Waals surface area contributed by atoms with Crippen LogP contribution >= 0.6 is 11.8 Å². The van der Waals surface area contributed by atoms with Crippen LogP contribution < -0.4 is 4.74 Å². The van der Waals surface area contributed by atoms with E-state index in [4.69, 9.17) is 4.74 Å². The van der Waals surface area contributed by atoms with Crippen LogP contribution in [0.5, 0.6) is 5.75 Å². The van der Waals surface area contributed by atoms with Gasteiger partial charge in [-0.3, -0.25) is 0 Å². The molecule has 2 aromatic rings. The number of aryl methyl sites for hydroxylation is 1. The minimum atomic E-state index is 0.125. The lowest BCUT2D eigenvalue weighted by molar-refractivity contribution is 0.340. The summed E-state index contributed by atoms with van der Waals surface area (Å²) in [6, 6.07) is 17.5. The Morgan fingerprint density at radius 1 is 0.864 bits per heavy atom. The van der Waals surface area contributed by atoms with Gasteiger partial charge in [0.05, 0.1) is 6.61 Å². The summed E-state index contributed by atoms with van der Waals surface area (Å²) in [6.07, 6.45) is 2.21. The van der Waals surface area contributed by atoms with Crippen molar-refractivity contribution >= 4 is 11.8 Å². The molecule has 0 aromatic heterocycles. The van der Waals surface area contributed by atoms with Gasteiger partial charge in [0.2, 0.25) is 0 Å². The van der Waals surface area contributed by atoms with Gasteiger partial charge >= 0.3 is 0 Å². The van der Waals surface area contributed by atoms with Crippen LogP contribution in [0.4, 0.5) is 0 Å². The van der Waals surface area contributed by atoms with Crippen LogP contribution in [0.1, 0.15) is 44.7 Å². The highest BCUT2D eigenvalue weighted by molar-refractivity contribution is 8.00. The molecular weight excluding hydrogens is 288 g/mol. The van der Waals surface area contributed by atoms with Crippen LogP contribution in [-0.2, 0) is 4.75 Å². The third-order valence-electron chi connectivity index (χ3n) is 4.17. The first-order chi connectivity index (χ1) is 10.6. The molecule has 0 atom stereocenters. The van der Waals surface area contributed by atoms with Crippen molar-refractivity contribution in [2.24, 2.45) is 0 Å². The second-order valence-electron chi connectivity index (χ2n) is 5.57. The second-order valence-corrected chi connectivity index (χ2v) is 7.03. The van der Waals surface area contributed by atoms with Crippen molar-refractivity contribution in [1.29, 1.82) is 0 Å². The zero-order valence-electron chi connectivity index (χ0n) is 14.1. The molecule has 0 radical (unpaired) electrons. The lowest BCUT2D eigenvalue weighted by atomic mass is 9.93. The number of benzene rings is 2. The lowest BCUT2D eigenvalue weighted by Crippen LogP contribution is -2.19. The smallest absolute Gasteiger partial charge is 0.119 e. The van der Waals surface area contributed by atoms with Gasteiger partial charge in [-0.05, 0) is 56.5 Å². The third kappa shape index (κ3) is 3.86. The van der Waals surface area contributed by atoms with E-state index in [0.717, 1.165) is 18.6 Å². The molecule has 0 heterocycles. The first-order valence-corrected chi connectivity index (χ1v) is 8.94. The van der Waals surface area contributed by atoms with Gasteiger partial charge in [-0.25, -0.2) is 0 Å². The van der Waals surface area contributed by atoms with E-state index in [-0.39, 0.29) is 4.75 Å². The largest absolute Gasteiger partial charge is 0.494 e. The molecule has 2 aromatic carbocycles. The van der Waals surface area contributed by atoms with Gasteiger partial charge in [-0.2, -0.15) is 0 Å². The Morgan fingerprint density at radius 3 is 1.95 bits per heavy atom. The van der Waals surface area contributed by atoms with Crippen LogP contribution in [0.15, 0.2) is 53.4 Å². The third-order valence-corrected chi connectivity index (χ3v) is 5.88. The van der Waals surface area contributed by atoms with Crippen LogP contribution in [0, 0.1) is 6.92 Å². The van der Waals surface area contributed by atoms with Crippen LogP contribution in [0.3, 0.4) is 0 Å². The Labute approximate surface area is 139 Å². The fourth-order valence-corrected chi connectivity index (χ4v) is 3.98. The number of hydrogen-bond donors (Lipinski definition) is 0. The molecule has 0 unspecified atom stereocenters. The minimum Gasteiger partial charge on any atom is -0.494 e. The van der Waals surface area contributed by atoms with E-state index in [9.17, 15) is 0 Å². The highest BCUT2D eigenvalue weighted by atomic mass is 32.2. The first-order valence-electron chi connectivity index (χ1n) is 8.12. The van der Waals surface area contributed by atoms with Crippen molar-refractivity contribution in [3.63, 3.8) is 0 Å². The molecule has 1 nitrogen and oxygen atoms in total. The Kier molecular flexibility index (Phi) is 5.96. The van der Waals surface area contributed by atoms with E-state index in [1.165, 1.54) is 16.0 Å². The van der Waals surface area contributed by atoms with E-state index in [0.29, 0.717) is 6.61 Å². The van der Waals surface area contributed by atoms with Gasteiger partial charge in [0, 0.05) is 9.64 Å². The van der Waals surface area contributed by atoms with Gasteiger partial charge in [0.15, 0.2) is 0 Å². The highest BCUT2D eigenvalue weighted by Crippen LogP contribution is 2.46. The topological polar surface area (TPSA) is 9.23 Å². The highest BCUT2D eigenvalue weighted by Gasteiger charge is 2.29. The summed E-state index contributed by atoms with van der Waals surface area (Å²) in [5.41, 5.74) is 2.69. The molecule has 0 spiro atoms. The van der Waals surface area contributed by atoms with Crippen LogP contribution in [0.25, 0.3) is 0 Å². The summed E-state index contributed by atoms with van der Waals surface area (Å²) >= 11 is 1.98. The van der Waals surface area contributed by atoms with Gasteiger partial charge < -0.3 is 4.74 Å². The van der Waals surface area contributed by atoms with E-state index in [2.05, 4.69) is 69.3 Å². The van der Waals surface area contributed by atoms with E-state index >= 15 is 0 Å². The predicted octanol–water partition coefficient (Wildman–Crippen LogP) is 6.20. The fourth-order valence-electron chi connectivity index (χ4n) is 2.71. The Balaban J connectivity index is 2.28. The maximum atomic E-state index is 5.57. The average Bonchev–Trinajstić information content (AvgIpc) is 2.56. The average molecular weight is 314 g/mol. The van der Waals surface area contributed by atoms with Crippen molar-refractivity contribution in [3.8, 4) is 5.75 Å². The normalized spacial score (nSPS) is 11.5. The molecule has 22 heavy (non-hydrogen) atoms. The summed E-state index contributed by atoms with van der Waals surface area (Å²) in [7, 11) is 0. The summed E-state index contributed by atoms with van der Waals surface area (Å²) in [4.78, 5) is 1.34. The molecular formula is C20H26OS. The maximum absolute atomic E-state index is 5.57. The van der Waals surface area contributed by atoms with Crippen molar-refractivity contribution < 1.29 is 4.74 Å². The molecule has 2 rings (SSSR count). The van der Waals surface area contributed by atoms with E-state index in [1.807, 2.05) is 18.7 Å². The maximum Gasteiger partial charge on any atom is 0.119 e. The molecule has 0 N–H and O–H groups in total. The number of ether oxygens (including phenoxy) is 1. The van der Waals surface area contributed by atoms with Crippen molar-refractivity contribution in [2.75, 3.05) is 6.61 Å². The first kappa shape index (κ1) is 17.0. The van der Waals surface area contributed by atoms with E-state index in [1.54, 1.807) is 0 Å². The summed E-state index contributed by atoms with van der Waals surface area (Å²) in [6.45, 7) is 9.42.